The smallest absolute Gasteiger partial charge is 0.350 e. The first-order chi connectivity index (χ1) is 13.0. The van der Waals surface area contributed by atoms with Crippen molar-refractivity contribution in [3.05, 3.63) is 68.2 Å². The predicted molar refractivity (Wildman–Crippen MR) is 103 cm³/mol. The second kappa shape index (κ2) is 8.47. The van der Waals surface area contributed by atoms with E-state index in [-0.39, 0.29) is 12.4 Å². The number of halogens is 2. The topological polar surface area (TPSA) is 77.8 Å². The minimum Gasteiger partial charge on any atom is -0.484 e. The van der Waals surface area contributed by atoms with E-state index in [1.54, 1.807) is 35.7 Å². The molecule has 0 aliphatic rings. The Hall–Kier alpha value is -2.48. The standard InChI is InChI=1S/C18H13Cl2NO5S/c1-24-18(23)16-13(6-7-27-16)21-17(22)14-5-3-11(26-14)9-25-15-8-10(19)2-4-12(15)20/h2-8H,9H2,1H3,(H,21,22). The van der Waals surface area contributed by atoms with E-state index in [1.165, 1.54) is 24.5 Å². The number of anilines is 1. The molecule has 3 rings (SSSR count). The highest BCUT2D eigenvalue weighted by atomic mass is 35.5. The lowest BCUT2D eigenvalue weighted by Gasteiger charge is -2.07. The van der Waals surface area contributed by atoms with Gasteiger partial charge in [0.2, 0.25) is 0 Å². The molecule has 27 heavy (non-hydrogen) atoms. The first-order valence-corrected chi connectivity index (χ1v) is 9.25. The normalized spacial score (nSPS) is 10.5. The number of thiophene rings is 1. The number of benzene rings is 1. The van der Waals surface area contributed by atoms with Crippen molar-refractivity contribution < 1.29 is 23.5 Å². The second-order valence-corrected chi connectivity index (χ2v) is 7.00. The van der Waals surface area contributed by atoms with Gasteiger partial charge in [-0.1, -0.05) is 23.2 Å². The van der Waals surface area contributed by atoms with E-state index in [1.807, 2.05) is 0 Å². The van der Waals surface area contributed by atoms with Crippen LogP contribution in [0.4, 0.5) is 5.69 Å². The largest absolute Gasteiger partial charge is 0.484 e. The molecule has 1 aromatic carbocycles. The van der Waals surface area contributed by atoms with Crippen molar-refractivity contribution in [3.63, 3.8) is 0 Å². The Morgan fingerprint density at radius 2 is 2.00 bits per heavy atom. The Kier molecular flexibility index (Phi) is 6.05. The van der Waals surface area contributed by atoms with Crippen LogP contribution in [0, 0.1) is 0 Å². The zero-order valence-corrected chi connectivity index (χ0v) is 16.3. The van der Waals surface area contributed by atoms with Crippen molar-refractivity contribution in [2.24, 2.45) is 0 Å². The Labute approximate surface area is 168 Å². The molecule has 0 aliphatic heterocycles. The molecule has 0 fully saturated rings. The molecule has 2 aromatic heterocycles. The molecule has 140 valence electrons. The fourth-order valence-corrected chi connectivity index (χ4v) is 3.26. The number of nitrogens with one attached hydrogen (secondary N) is 1. The number of methoxy groups -OCH3 is 1. The third-order valence-electron chi connectivity index (χ3n) is 3.43. The van der Waals surface area contributed by atoms with Crippen molar-refractivity contribution in [2.75, 3.05) is 12.4 Å². The molecule has 1 amide bonds. The van der Waals surface area contributed by atoms with Crippen LogP contribution in [-0.4, -0.2) is 19.0 Å². The maximum absolute atomic E-state index is 12.3. The van der Waals surface area contributed by atoms with Gasteiger partial charge < -0.3 is 19.2 Å². The van der Waals surface area contributed by atoms with Gasteiger partial charge in [-0.2, -0.15) is 0 Å². The number of hydrogen-bond donors (Lipinski definition) is 1. The molecule has 3 aromatic rings. The zero-order valence-electron chi connectivity index (χ0n) is 14.0. The quantitative estimate of drug-likeness (QED) is 0.544. The average molecular weight is 426 g/mol. The van der Waals surface area contributed by atoms with E-state index < -0.39 is 11.9 Å². The Bertz CT molecular complexity index is 982. The molecule has 0 saturated heterocycles. The molecule has 9 heteroatoms. The number of carbonyl (C=O) groups excluding carboxylic acids is 2. The first-order valence-electron chi connectivity index (χ1n) is 7.61. The second-order valence-electron chi connectivity index (χ2n) is 5.24. The fraction of sp³-hybridized carbons (Fsp3) is 0.111. The van der Waals surface area contributed by atoms with Crippen molar-refractivity contribution in [3.8, 4) is 5.75 Å². The average Bonchev–Trinajstić information content (AvgIpc) is 3.31. The monoisotopic (exact) mass is 425 g/mol. The van der Waals surface area contributed by atoms with E-state index >= 15 is 0 Å². The van der Waals surface area contributed by atoms with Gasteiger partial charge in [0.1, 0.15) is 23.0 Å². The molecule has 0 unspecified atom stereocenters. The summed E-state index contributed by atoms with van der Waals surface area (Å²) in [7, 11) is 1.28. The molecule has 6 nitrogen and oxygen atoms in total. The summed E-state index contributed by atoms with van der Waals surface area (Å²) in [4.78, 5) is 24.3. The third kappa shape index (κ3) is 4.63. The molecule has 2 heterocycles. The van der Waals surface area contributed by atoms with E-state index in [0.717, 1.165) is 0 Å². The Morgan fingerprint density at radius 1 is 1.19 bits per heavy atom. The number of hydrogen-bond acceptors (Lipinski definition) is 6. The highest BCUT2D eigenvalue weighted by Crippen LogP contribution is 2.29. The lowest BCUT2D eigenvalue weighted by molar-refractivity contribution is 0.0607. The summed E-state index contributed by atoms with van der Waals surface area (Å²) >= 11 is 13.1. The van der Waals surface area contributed by atoms with Gasteiger partial charge in [-0.15, -0.1) is 11.3 Å². The Balaban J connectivity index is 1.65. The lowest BCUT2D eigenvalue weighted by atomic mass is 10.3. The number of carbonyl (C=O) groups is 2. The highest BCUT2D eigenvalue weighted by molar-refractivity contribution is 7.12. The lowest BCUT2D eigenvalue weighted by Crippen LogP contribution is -2.13. The zero-order chi connectivity index (χ0) is 19.4. The van der Waals surface area contributed by atoms with Crippen LogP contribution >= 0.6 is 34.5 Å². The van der Waals surface area contributed by atoms with Crippen LogP contribution in [-0.2, 0) is 11.3 Å². The number of esters is 1. The summed E-state index contributed by atoms with van der Waals surface area (Å²) in [6, 6.07) is 9.60. The van der Waals surface area contributed by atoms with Crippen LogP contribution in [0.5, 0.6) is 5.75 Å². The van der Waals surface area contributed by atoms with Gasteiger partial charge in [-0.3, -0.25) is 4.79 Å². The third-order valence-corrected chi connectivity index (χ3v) is 4.87. The molecule has 0 radical (unpaired) electrons. The van der Waals surface area contributed by atoms with Gasteiger partial charge >= 0.3 is 5.97 Å². The summed E-state index contributed by atoms with van der Waals surface area (Å²) in [5, 5.41) is 5.21. The maximum Gasteiger partial charge on any atom is 0.350 e. The number of furan rings is 1. The molecule has 0 saturated carbocycles. The molecular weight excluding hydrogens is 413 g/mol. The SMILES string of the molecule is COC(=O)c1sccc1NC(=O)c1ccc(COc2cc(Cl)ccc2Cl)o1. The van der Waals surface area contributed by atoms with Gasteiger partial charge in [0.05, 0.1) is 17.8 Å². The first kappa shape index (κ1) is 19.3. The highest BCUT2D eigenvalue weighted by Gasteiger charge is 2.18. The minimum absolute atomic E-state index is 0.0687. The molecule has 0 spiro atoms. The fourth-order valence-electron chi connectivity index (χ4n) is 2.16. The van der Waals surface area contributed by atoms with Crippen molar-refractivity contribution in [1.29, 1.82) is 0 Å². The van der Waals surface area contributed by atoms with Gasteiger partial charge in [-0.25, -0.2) is 4.79 Å². The molecule has 0 bridgehead atoms. The molecule has 0 aliphatic carbocycles. The van der Waals surface area contributed by atoms with Crippen LogP contribution in [0.2, 0.25) is 10.0 Å². The number of amides is 1. The van der Waals surface area contributed by atoms with E-state index in [0.29, 0.717) is 32.1 Å². The molecule has 1 N–H and O–H groups in total. The van der Waals surface area contributed by atoms with Crippen LogP contribution in [0.15, 0.2) is 46.2 Å². The summed E-state index contributed by atoms with van der Waals surface area (Å²) in [5.74, 6) is -0.104. The number of rotatable bonds is 6. The predicted octanol–water partition coefficient (Wildman–Crippen LogP) is 5.27. The van der Waals surface area contributed by atoms with Gasteiger partial charge in [-0.05, 0) is 35.7 Å². The summed E-state index contributed by atoms with van der Waals surface area (Å²) in [6.07, 6.45) is 0. The maximum atomic E-state index is 12.3. The van der Waals surface area contributed by atoms with Crippen LogP contribution < -0.4 is 10.1 Å². The number of ether oxygens (including phenoxy) is 2. The van der Waals surface area contributed by atoms with Gasteiger partial charge in [0, 0.05) is 11.1 Å². The van der Waals surface area contributed by atoms with Crippen LogP contribution in [0.3, 0.4) is 0 Å². The molecular formula is C18H13Cl2NO5S. The van der Waals surface area contributed by atoms with Crippen molar-refractivity contribution >= 4 is 52.1 Å². The van der Waals surface area contributed by atoms with E-state index in [2.05, 4.69) is 10.1 Å². The van der Waals surface area contributed by atoms with Crippen LogP contribution in [0.25, 0.3) is 0 Å². The molecule has 0 atom stereocenters. The van der Waals surface area contributed by atoms with E-state index in [4.69, 9.17) is 32.4 Å². The van der Waals surface area contributed by atoms with Gasteiger partial charge in [0.25, 0.3) is 5.91 Å². The Morgan fingerprint density at radius 3 is 2.78 bits per heavy atom. The van der Waals surface area contributed by atoms with Crippen molar-refractivity contribution in [2.45, 2.75) is 6.61 Å². The van der Waals surface area contributed by atoms with Crippen molar-refractivity contribution in [1.82, 2.24) is 0 Å². The summed E-state index contributed by atoms with van der Waals surface area (Å²) < 4.78 is 15.7. The summed E-state index contributed by atoms with van der Waals surface area (Å²) in [6.45, 7) is 0.0687. The minimum atomic E-state index is -0.521. The van der Waals surface area contributed by atoms with Crippen LogP contribution in [0.1, 0.15) is 26.0 Å². The van der Waals surface area contributed by atoms with E-state index in [9.17, 15) is 9.59 Å². The summed E-state index contributed by atoms with van der Waals surface area (Å²) in [5.41, 5.74) is 0.358. The van der Waals surface area contributed by atoms with Gasteiger partial charge in [0.15, 0.2) is 5.76 Å².